The first-order chi connectivity index (χ1) is 6.97. The van der Waals surface area contributed by atoms with Gasteiger partial charge < -0.3 is 0 Å². The minimum atomic E-state index is 0.671. The molecule has 0 aliphatic carbocycles. The SMILES string of the molecule is CCC(=CC=C(C)C(C)C)CCC(C)C. The molecule has 0 aromatic heterocycles. The highest BCUT2D eigenvalue weighted by atomic mass is 14.0. The molecule has 0 aliphatic rings. The summed E-state index contributed by atoms with van der Waals surface area (Å²) < 4.78 is 0. The summed E-state index contributed by atoms with van der Waals surface area (Å²) in [5.74, 6) is 1.49. The summed E-state index contributed by atoms with van der Waals surface area (Å²) in [6, 6.07) is 0. The van der Waals surface area contributed by atoms with Crippen molar-refractivity contribution in [3.63, 3.8) is 0 Å². The summed E-state index contributed by atoms with van der Waals surface area (Å²) in [5.41, 5.74) is 3.06. The van der Waals surface area contributed by atoms with Crippen molar-refractivity contribution in [2.75, 3.05) is 0 Å². The summed E-state index contributed by atoms with van der Waals surface area (Å²) >= 11 is 0. The van der Waals surface area contributed by atoms with Crippen LogP contribution in [0.2, 0.25) is 0 Å². The molecule has 0 saturated carbocycles. The fourth-order valence-corrected chi connectivity index (χ4v) is 1.29. The van der Waals surface area contributed by atoms with Crippen molar-refractivity contribution >= 4 is 0 Å². The summed E-state index contributed by atoms with van der Waals surface area (Å²) in [5, 5.41) is 0. The molecule has 0 aromatic rings. The van der Waals surface area contributed by atoms with E-state index in [4.69, 9.17) is 0 Å². The molecule has 0 heterocycles. The van der Waals surface area contributed by atoms with Gasteiger partial charge in [-0.05, 0) is 38.0 Å². The maximum absolute atomic E-state index is 2.33. The van der Waals surface area contributed by atoms with E-state index in [1.165, 1.54) is 24.8 Å². The normalized spacial score (nSPS) is 14.1. The summed E-state index contributed by atoms with van der Waals surface area (Å²) in [4.78, 5) is 0. The Labute approximate surface area is 96.5 Å². The molecular formula is C15H28. The van der Waals surface area contributed by atoms with Crippen LogP contribution < -0.4 is 0 Å². The van der Waals surface area contributed by atoms with Gasteiger partial charge in [0.15, 0.2) is 0 Å². The molecular weight excluding hydrogens is 180 g/mol. The molecule has 0 aromatic carbocycles. The van der Waals surface area contributed by atoms with Crippen LogP contribution in [0.4, 0.5) is 0 Å². The lowest BCUT2D eigenvalue weighted by atomic mass is 9.99. The molecule has 15 heavy (non-hydrogen) atoms. The molecule has 0 radical (unpaired) electrons. The fourth-order valence-electron chi connectivity index (χ4n) is 1.29. The molecule has 0 amide bonds. The highest BCUT2D eigenvalue weighted by Crippen LogP contribution is 2.16. The van der Waals surface area contributed by atoms with E-state index < -0.39 is 0 Å². The van der Waals surface area contributed by atoms with Crippen LogP contribution in [0.5, 0.6) is 0 Å². The number of rotatable bonds is 6. The first-order valence-electron chi connectivity index (χ1n) is 6.33. The quantitative estimate of drug-likeness (QED) is 0.515. The standard InChI is InChI=1S/C15H28/c1-7-15(10-8-12(2)3)11-9-14(6)13(4)5/h9,11-13H,7-8,10H2,1-6H3. The molecule has 0 bridgehead atoms. The Morgan fingerprint density at radius 3 is 2.07 bits per heavy atom. The van der Waals surface area contributed by atoms with Crippen LogP contribution in [-0.4, -0.2) is 0 Å². The van der Waals surface area contributed by atoms with Gasteiger partial charge >= 0.3 is 0 Å². The zero-order valence-corrected chi connectivity index (χ0v) is 11.4. The molecule has 0 heteroatoms. The number of hydrogen-bond acceptors (Lipinski definition) is 0. The van der Waals surface area contributed by atoms with Crippen LogP contribution in [0.3, 0.4) is 0 Å². The second kappa shape index (κ2) is 7.73. The van der Waals surface area contributed by atoms with Crippen molar-refractivity contribution in [2.24, 2.45) is 11.8 Å². The Hall–Kier alpha value is -0.520. The molecule has 0 N–H and O–H groups in total. The second-order valence-electron chi connectivity index (χ2n) is 5.18. The predicted molar refractivity (Wildman–Crippen MR) is 71.0 cm³/mol. The van der Waals surface area contributed by atoms with Crippen LogP contribution in [0.15, 0.2) is 23.3 Å². The van der Waals surface area contributed by atoms with Gasteiger partial charge in [-0.3, -0.25) is 0 Å². The lowest BCUT2D eigenvalue weighted by Crippen LogP contribution is -1.91. The lowest BCUT2D eigenvalue weighted by molar-refractivity contribution is 0.579. The van der Waals surface area contributed by atoms with Crippen molar-refractivity contribution in [1.82, 2.24) is 0 Å². The minimum Gasteiger partial charge on any atom is -0.0708 e. The Morgan fingerprint density at radius 1 is 1.07 bits per heavy atom. The molecule has 0 nitrogen and oxygen atoms in total. The molecule has 0 spiro atoms. The van der Waals surface area contributed by atoms with E-state index in [1.54, 1.807) is 5.57 Å². The van der Waals surface area contributed by atoms with Crippen LogP contribution >= 0.6 is 0 Å². The number of allylic oxidation sites excluding steroid dienone is 4. The average Bonchev–Trinajstić information content (AvgIpc) is 2.17. The van der Waals surface area contributed by atoms with E-state index in [2.05, 4.69) is 53.7 Å². The molecule has 0 aliphatic heterocycles. The predicted octanol–water partition coefficient (Wildman–Crippen LogP) is 5.36. The van der Waals surface area contributed by atoms with Gasteiger partial charge in [-0.2, -0.15) is 0 Å². The molecule has 88 valence electrons. The molecule has 0 unspecified atom stereocenters. The first kappa shape index (κ1) is 14.5. The molecule has 0 saturated heterocycles. The Bertz CT molecular complexity index is 216. The Balaban J connectivity index is 4.27. The lowest BCUT2D eigenvalue weighted by Gasteiger charge is -2.07. The van der Waals surface area contributed by atoms with E-state index in [1.807, 2.05) is 0 Å². The van der Waals surface area contributed by atoms with Crippen LogP contribution in [0.25, 0.3) is 0 Å². The van der Waals surface area contributed by atoms with Gasteiger partial charge in [-0.1, -0.05) is 57.9 Å². The van der Waals surface area contributed by atoms with Crippen LogP contribution in [0, 0.1) is 11.8 Å². The monoisotopic (exact) mass is 208 g/mol. The summed E-state index contributed by atoms with van der Waals surface area (Å²) in [7, 11) is 0. The Kier molecular flexibility index (Phi) is 7.46. The van der Waals surface area contributed by atoms with Crippen molar-refractivity contribution in [2.45, 2.75) is 60.8 Å². The first-order valence-corrected chi connectivity index (χ1v) is 6.33. The Morgan fingerprint density at radius 2 is 1.67 bits per heavy atom. The van der Waals surface area contributed by atoms with Gasteiger partial charge in [0.2, 0.25) is 0 Å². The maximum atomic E-state index is 2.33. The topological polar surface area (TPSA) is 0 Å². The summed E-state index contributed by atoms with van der Waals surface area (Å²) in [6.07, 6.45) is 8.39. The van der Waals surface area contributed by atoms with Gasteiger partial charge in [-0.25, -0.2) is 0 Å². The van der Waals surface area contributed by atoms with Crippen molar-refractivity contribution in [3.8, 4) is 0 Å². The van der Waals surface area contributed by atoms with Crippen molar-refractivity contribution < 1.29 is 0 Å². The second-order valence-corrected chi connectivity index (χ2v) is 5.18. The zero-order valence-electron chi connectivity index (χ0n) is 11.4. The van der Waals surface area contributed by atoms with Crippen molar-refractivity contribution in [1.29, 1.82) is 0 Å². The third kappa shape index (κ3) is 7.41. The third-order valence-electron chi connectivity index (χ3n) is 2.99. The number of hydrogen-bond donors (Lipinski definition) is 0. The molecule has 0 atom stereocenters. The van der Waals surface area contributed by atoms with Gasteiger partial charge in [0.05, 0.1) is 0 Å². The highest BCUT2D eigenvalue weighted by Gasteiger charge is 1.98. The van der Waals surface area contributed by atoms with Crippen molar-refractivity contribution in [3.05, 3.63) is 23.3 Å². The van der Waals surface area contributed by atoms with Gasteiger partial charge in [0, 0.05) is 0 Å². The third-order valence-corrected chi connectivity index (χ3v) is 2.99. The highest BCUT2D eigenvalue weighted by molar-refractivity contribution is 5.17. The van der Waals surface area contributed by atoms with E-state index in [0.717, 1.165) is 5.92 Å². The summed E-state index contributed by atoms with van der Waals surface area (Å²) in [6.45, 7) is 13.6. The van der Waals surface area contributed by atoms with Crippen LogP contribution in [-0.2, 0) is 0 Å². The zero-order chi connectivity index (χ0) is 11.8. The maximum Gasteiger partial charge on any atom is -0.0260 e. The molecule has 0 rings (SSSR count). The van der Waals surface area contributed by atoms with E-state index in [-0.39, 0.29) is 0 Å². The van der Waals surface area contributed by atoms with E-state index in [9.17, 15) is 0 Å². The van der Waals surface area contributed by atoms with Crippen LogP contribution in [0.1, 0.15) is 60.8 Å². The largest absolute Gasteiger partial charge is 0.0708 e. The smallest absolute Gasteiger partial charge is 0.0260 e. The van der Waals surface area contributed by atoms with Gasteiger partial charge in [0.1, 0.15) is 0 Å². The van der Waals surface area contributed by atoms with Gasteiger partial charge in [-0.15, -0.1) is 0 Å². The van der Waals surface area contributed by atoms with E-state index >= 15 is 0 Å². The fraction of sp³-hybridized carbons (Fsp3) is 0.733. The minimum absolute atomic E-state index is 0.671. The van der Waals surface area contributed by atoms with Gasteiger partial charge in [0.25, 0.3) is 0 Å². The average molecular weight is 208 g/mol. The molecule has 0 fully saturated rings. The van der Waals surface area contributed by atoms with E-state index in [0.29, 0.717) is 5.92 Å².